The molecule has 1 aromatic rings. The molecule has 0 heterocycles. The van der Waals surface area contributed by atoms with Gasteiger partial charge in [0, 0.05) is 11.0 Å². The SMILES string of the molecule is O=C(NCC1CCC1)c1ccc(Br)cc1O. The molecule has 0 aromatic heterocycles. The lowest BCUT2D eigenvalue weighted by Gasteiger charge is -2.25. The van der Waals surface area contributed by atoms with E-state index in [1.165, 1.54) is 25.3 Å². The van der Waals surface area contributed by atoms with E-state index in [1.807, 2.05) is 0 Å². The van der Waals surface area contributed by atoms with Crippen molar-refractivity contribution < 1.29 is 9.90 Å². The summed E-state index contributed by atoms with van der Waals surface area (Å²) in [6.45, 7) is 0.717. The lowest BCUT2D eigenvalue weighted by atomic mass is 9.85. The Hall–Kier alpha value is -1.03. The van der Waals surface area contributed by atoms with Crippen molar-refractivity contribution in [2.45, 2.75) is 19.3 Å². The first kappa shape index (κ1) is 11.5. The Morgan fingerprint density at radius 3 is 2.81 bits per heavy atom. The van der Waals surface area contributed by atoms with Crippen molar-refractivity contribution in [3.05, 3.63) is 28.2 Å². The van der Waals surface area contributed by atoms with Crippen LogP contribution in [0.2, 0.25) is 0 Å². The maximum atomic E-state index is 11.7. The van der Waals surface area contributed by atoms with E-state index < -0.39 is 0 Å². The largest absolute Gasteiger partial charge is 0.507 e. The van der Waals surface area contributed by atoms with Crippen LogP contribution in [0, 0.1) is 5.92 Å². The third kappa shape index (κ3) is 2.55. The topological polar surface area (TPSA) is 49.3 Å². The van der Waals surface area contributed by atoms with Gasteiger partial charge in [-0.2, -0.15) is 0 Å². The van der Waals surface area contributed by atoms with Crippen LogP contribution in [0.25, 0.3) is 0 Å². The minimum Gasteiger partial charge on any atom is -0.507 e. The second kappa shape index (κ2) is 4.87. The standard InChI is InChI=1S/C12H14BrNO2/c13-9-4-5-10(11(15)6-9)12(16)14-7-8-2-1-3-8/h4-6,8,15H,1-3,7H2,(H,14,16). The van der Waals surface area contributed by atoms with Crippen molar-refractivity contribution in [1.82, 2.24) is 5.32 Å². The van der Waals surface area contributed by atoms with Gasteiger partial charge in [-0.15, -0.1) is 0 Å². The van der Waals surface area contributed by atoms with Crippen LogP contribution in [0.5, 0.6) is 5.75 Å². The van der Waals surface area contributed by atoms with Crippen LogP contribution in [-0.2, 0) is 0 Å². The molecule has 0 unspecified atom stereocenters. The molecule has 3 nitrogen and oxygen atoms in total. The number of halogens is 1. The van der Waals surface area contributed by atoms with Gasteiger partial charge in [-0.3, -0.25) is 4.79 Å². The monoisotopic (exact) mass is 283 g/mol. The summed E-state index contributed by atoms with van der Waals surface area (Å²) in [5, 5.41) is 12.5. The first-order valence-electron chi connectivity index (χ1n) is 5.43. The number of benzene rings is 1. The fraction of sp³-hybridized carbons (Fsp3) is 0.417. The molecule has 0 saturated heterocycles. The predicted octanol–water partition coefficient (Wildman–Crippen LogP) is 2.68. The van der Waals surface area contributed by atoms with Gasteiger partial charge in [-0.05, 0) is 37.0 Å². The first-order valence-corrected chi connectivity index (χ1v) is 6.23. The number of phenols is 1. The van der Waals surface area contributed by atoms with Crippen molar-refractivity contribution >= 4 is 21.8 Å². The summed E-state index contributed by atoms with van der Waals surface area (Å²) in [5.74, 6) is 0.443. The third-order valence-corrected chi connectivity index (χ3v) is 3.47. The lowest BCUT2D eigenvalue weighted by Crippen LogP contribution is -2.32. The fourth-order valence-electron chi connectivity index (χ4n) is 1.73. The summed E-state index contributed by atoms with van der Waals surface area (Å²) in [4.78, 5) is 11.7. The smallest absolute Gasteiger partial charge is 0.255 e. The first-order chi connectivity index (χ1) is 7.66. The second-order valence-corrected chi connectivity index (χ2v) is 5.08. The molecule has 0 aliphatic heterocycles. The summed E-state index contributed by atoms with van der Waals surface area (Å²) in [7, 11) is 0. The lowest BCUT2D eigenvalue weighted by molar-refractivity contribution is 0.0936. The van der Waals surface area contributed by atoms with Gasteiger partial charge >= 0.3 is 0 Å². The van der Waals surface area contributed by atoms with Gasteiger partial charge in [0.1, 0.15) is 5.75 Å². The minimum atomic E-state index is -0.197. The third-order valence-electron chi connectivity index (χ3n) is 2.98. The molecule has 1 aromatic carbocycles. The summed E-state index contributed by atoms with van der Waals surface area (Å²) in [6.07, 6.45) is 3.67. The minimum absolute atomic E-state index is 0.0143. The number of hydrogen-bond donors (Lipinski definition) is 2. The van der Waals surface area contributed by atoms with Crippen molar-refractivity contribution in [3.8, 4) is 5.75 Å². The molecule has 0 atom stereocenters. The molecule has 16 heavy (non-hydrogen) atoms. The van der Waals surface area contributed by atoms with Crippen LogP contribution in [0.3, 0.4) is 0 Å². The molecule has 1 aliphatic carbocycles. The normalized spacial score (nSPS) is 15.6. The number of nitrogens with one attached hydrogen (secondary N) is 1. The number of rotatable bonds is 3. The Morgan fingerprint density at radius 2 is 2.25 bits per heavy atom. The average Bonchev–Trinajstić information content (AvgIpc) is 2.14. The van der Waals surface area contributed by atoms with Crippen molar-refractivity contribution in [1.29, 1.82) is 0 Å². The van der Waals surface area contributed by atoms with E-state index >= 15 is 0 Å². The van der Waals surface area contributed by atoms with Crippen LogP contribution in [-0.4, -0.2) is 17.6 Å². The molecule has 0 radical (unpaired) electrons. The van der Waals surface area contributed by atoms with E-state index in [-0.39, 0.29) is 11.7 Å². The van der Waals surface area contributed by atoms with Crippen molar-refractivity contribution in [2.75, 3.05) is 6.54 Å². The molecule has 0 bridgehead atoms. The van der Waals surface area contributed by atoms with Gasteiger partial charge in [-0.25, -0.2) is 0 Å². The Balaban J connectivity index is 1.96. The number of hydrogen-bond acceptors (Lipinski definition) is 2. The van der Waals surface area contributed by atoms with Crippen LogP contribution >= 0.6 is 15.9 Å². The molecule has 1 saturated carbocycles. The fourth-order valence-corrected chi connectivity index (χ4v) is 2.07. The molecule has 2 N–H and O–H groups in total. The molecular weight excluding hydrogens is 270 g/mol. The highest BCUT2D eigenvalue weighted by Crippen LogP contribution is 2.26. The zero-order valence-electron chi connectivity index (χ0n) is 8.87. The van der Waals surface area contributed by atoms with Crippen molar-refractivity contribution in [2.24, 2.45) is 5.92 Å². The zero-order chi connectivity index (χ0) is 11.5. The molecule has 0 spiro atoms. The maximum absolute atomic E-state index is 11.7. The van der Waals surface area contributed by atoms with E-state index in [0.29, 0.717) is 18.0 Å². The Kier molecular flexibility index (Phi) is 3.49. The Morgan fingerprint density at radius 1 is 1.50 bits per heavy atom. The van der Waals surface area contributed by atoms with Gasteiger partial charge in [0.25, 0.3) is 5.91 Å². The van der Waals surface area contributed by atoms with Crippen molar-refractivity contribution in [3.63, 3.8) is 0 Å². The molecule has 86 valence electrons. The van der Waals surface area contributed by atoms with Gasteiger partial charge in [0.2, 0.25) is 0 Å². The number of phenolic OH excluding ortho intramolecular Hbond substituents is 1. The Labute approximate surface area is 103 Å². The molecule has 1 fully saturated rings. The summed E-state index contributed by atoms with van der Waals surface area (Å²) in [5.41, 5.74) is 0.336. The van der Waals surface area contributed by atoms with E-state index in [1.54, 1.807) is 12.1 Å². The van der Waals surface area contributed by atoms with E-state index in [2.05, 4.69) is 21.2 Å². The van der Waals surface area contributed by atoms with E-state index in [4.69, 9.17) is 0 Å². The summed E-state index contributed by atoms with van der Waals surface area (Å²) >= 11 is 3.24. The molecular formula is C12H14BrNO2. The number of carbonyl (C=O) groups is 1. The highest BCUT2D eigenvalue weighted by Gasteiger charge is 2.19. The highest BCUT2D eigenvalue weighted by atomic mass is 79.9. The summed E-state index contributed by atoms with van der Waals surface area (Å²) < 4.78 is 0.764. The van der Waals surface area contributed by atoms with Gasteiger partial charge in [0.05, 0.1) is 5.56 Å². The van der Waals surface area contributed by atoms with Crippen LogP contribution in [0.1, 0.15) is 29.6 Å². The summed E-state index contributed by atoms with van der Waals surface area (Å²) in [6, 6.07) is 4.89. The highest BCUT2D eigenvalue weighted by molar-refractivity contribution is 9.10. The zero-order valence-corrected chi connectivity index (χ0v) is 10.5. The second-order valence-electron chi connectivity index (χ2n) is 4.17. The van der Waals surface area contributed by atoms with Crippen LogP contribution in [0.15, 0.2) is 22.7 Å². The molecule has 1 aliphatic rings. The average molecular weight is 284 g/mol. The van der Waals surface area contributed by atoms with Gasteiger partial charge < -0.3 is 10.4 Å². The molecule has 2 rings (SSSR count). The molecule has 1 amide bonds. The molecule has 4 heteroatoms. The van der Waals surface area contributed by atoms with E-state index in [9.17, 15) is 9.90 Å². The number of carbonyl (C=O) groups excluding carboxylic acids is 1. The van der Waals surface area contributed by atoms with E-state index in [0.717, 1.165) is 4.47 Å². The maximum Gasteiger partial charge on any atom is 0.255 e. The van der Waals surface area contributed by atoms with Crippen LogP contribution < -0.4 is 5.32 Å². The quantitative estimate of drug-likeness (QED) is 0.896. The number of aromatic hydroxyl groups is 1. The Bertz CT molecular complexity index is 402. The van der Waals surface area contributed by atoms with Gasteiger partial charge in [0.15, 0.2) is 0 Å². The van der Waals surface area contributed by atoms with Gasteiger partial charge in [-0.1, -0.05) is 22.4 Å². The number of amides is 1. The van der Waals surface area contributed by atoms with Crippen LogP contribution in [0.4, 0.5) is 0 Å². The predicted molar refractivity (Wildman–Crippen MR) is 65.5 cm³/mol.